The van der Waals surface area contributed by atoms with Crippen molar-refractivity contribution in [1.29, 1.82) is 0 Å². The van der Waals surface area contributed by atoms with Gasteiger partial charge in [-0.15, -0.1) is 0 Å². The first kappa shape index (κ1) is 13.8. The van der Waals surface area contributed by atoms with E-state index in [-0.39, 0.29) is 0 Å². The van der Waals surface area contributed by atoms with Gasteiger partial charge in [-0.1, -0.05) is 0 Å². The van der Waals surface area contributed by atoms with Crippen molar-refractivity contribution in [3.63, 3.8) is 0 Å². The zero-order valence-corrected chi connectivity index (χ0v) is 9.85. The first-order valence-electron chi connectivity index (χ1n) is 3.62. The first-order chi connectivity index (χ1) is 6.77. The van der Waals surface area contributed by atoms with Crippen molar-refractivity contribution < 1.29 is 47.9 Å². The van der Waals surface area contributed by atoms with Gasteiger partial charge in [0.05, 0.1) is 0 Å². The minimum absolute atomic E-state index is 0.868. The molecule has 83 valence electrons. The number of hydrogen-bond acceptors (Lipinski definition) is 7. The number of ether oxygens (including phenoxy) is 1. The second kappa shape index (κ2) is 5.60. The molecule has 8 heteroatoms. The number of hydrogen-bond donors (Lipinski definition) is 0. The summed E-state index contributed by atoms with van der Waals surface area (Å²) < 4.78 is 23.1. The molecule has 0 aromatic carbocycles. The summed E-state index contributed by atoms with van der Waals surface area (Å²) in [5.41, 5.74) is 0. The number of carbonyl (C=O) groups is 4. The second-order valence-corrected chi connectivity index (χ2v) is 4.94. The number of ketones is 2. The van der Waals surface area contributed by atoms with Gasteiger partial charge < -0.3 is 0 Å². The van der Waals surface area contributed by atoms with E-state index in [2.05, 4.69) is 4.74 Å². The van der Waals surface area contributed by atoms with Crippen molar-refractivity contribution in [2.75, 3.05) is 0 Å². The van der Waals surface area contributed by atoms with Crippen LogP contribution in [0.1, 0.15) is 13.8 Å². The van der Waals surface area contributed by atoms with E-state index in [9.17, 15) is 26.0 Å². The molecule has 7 nitrogen and oxygen atoms in total. The first-order valence-corrected chi connectivity index (χ1v) is 6.42. The summed E-state index contributed by atoms with van der Waals surface area (Å²) in [6.45, 7) is 1.74. The van der Waals surface area contributed by atoms with Crippen molar-refractivity contribution >= 4 is 23.5 Å². The fraction of sp³-hybridized carbons (Fsp3) is 0.429. The summed E-state index contributed by atoms with van der Waals surface area (Å²) in [5, 5.41) is 0. The van der Waals surface area contributed by atoms with Crippen LogP contribution in [0.15, 0.2) is 0 Å². The summed E-state index contributed by atoms with van der Waals surface area (Å²) in [7, 11) is 0. The van der Waals surface area contributed by atoms with Crippen molar-refractivity contribution in [3.8, 4) is 0 Å². The maximum absolute atomic E-state index is 11.1. The molecule has 0 aromatic rings. The van der Waals surface area contributed by atoms with Crippen LogP contribution < -0.4 is 0 Å². The molecule has 0 aliphatic heterocycles. The van der Waals surface area contributed by atoms with Crippen molar-refractivity contribution in [2.24, 2.45) is 0 Å². The third-order valence-corrected chi connectivity index (χ3v) is 3.53. The van der Waals surface area contributed by atoms with Crippen LogP contribution in [0.4, 0.5) is 0 Å². The topological polar surface area (TPSA) is 112 Å². The molecule has 0 spiro atoms. The Bertz CT molecular complexity index is 384. The van der Waals surface area contributed by atoms with Gasteiger partial charge in [-0.25, -0.2) is 0 Å². The maximum atomic E-state index is 11.1. The van der Waals surface area contributed by atoms with E-state index in [1.165, 1.54) is 0 Å². The molecule has 0 heterocycles. The third kappa shape index (κ3) is 4.20. The molecule has 0 N–H and O–H groups in total. The Hall–Kier alpha value is -1.23. The predicted octanol–water partition coefficient (Wildman–Crippen LogP) is -0.668. The van der Waals surface area contributed by atoms with Crippen LogP contribution in [0.2, 0.25) is 4.31 Å². The minimum atomic E-state index is -4.41. The van der Waals surface area contributed by atoms with Crippen LogP contribution in [0.3, 0.4) is 0 Å². The molecule has 0 saturated carbocycles. The predicted molar refractivity (Wildman–Crippen MR) is 37.6 cm³/mol. The van der Waals surface area contributed by atoms with Crippen LogP contribution in [-0.2, 0) is 47.9 Å². The molecular formula is C7H7MoO7. The van der Waals surface area contributed by atoms with E-state index >= 15 is 0 Å². The SMILES string of the molecule is CC(=O)OC(=O)C(=O)[CH](C(C)=O)[Mo](=[O])=[O]. The molecule has 1 atom stereocenters. The zero-order valence-electron chi connectivity index (χ0n) is 7.84. The van der Waals surface area contributed by atoms with Crippen LogP contribution in [0.25, 0.3) is 0 Å². The third-order valence-electron chi connectivity index (χ3n) is 1.24. The molecule has 0 fully saturated rings. The van der Waals surface area contributed by atoms with Gasteiger partial charge in [-0.2, -0.15) is 0 Å². The van der Waals surface area contributed by atoms with E-state index in [0.29, 0.717) is 0 Å². The van der Waals surface area contributed by atoms with Crippen LogP contribution in [0.5, 0.6) is 0 Å². The summed E-state index contributed by atoms with van der Waals surface area (Å²) in [5.74, 6) is -5.14. The monoisotopic (exact) mass is 301 g/mol. The van der Waals surface area contributed by atoms with E-state index in [1.54, 1.807) is 0 Å². The molecule has 0 rings (SSSR count). The molecule has 0 aliphatic rings. The molecule has 0 amide bonds. The van der Waals surface area contributed by atoms with Gasteiger partial charge in [-0.05, 0) is 0 Å². The van der Waals surface area contributed by atoms with E-state index in [1.807, 2.05) is 0 Å². The summed E-state index contributed by atoms with van der Waals surface area (Å²) in [6.07, 6.45) is 0. The Morgan fingerprint density at radius 3 is 1.80 bits per heavy atom. The van der Waals surface area contributed by atoms with Gasteiger partial charge in [0.25, 0.3) is 0 Å². The van der Waals surface area contributed by atoms with Crippen LogP contribution in [-0.4, -0.2) is 23.5 Å². The Balaban J connectivity index is 4.88. The molecule has 0 saturated heterocycles. The molecule has 0 aromatic heterocycles. The van der Waals surface area contributed by atoms with Gasteiger partial charge >= 0.3 is 89.6 Å². The number of carbonyl (C=O) groups excluding carboxylic acids is 4. The Labute approximate surface area is 89.9 Å². The number of esters is 2. The Kier molecular flexibility index (Phi) is 5.14. The Morgan fingerprint density at radius 2 is 1.53 bits per heavy atom. The standard InChI is InChI=1S/C7H7O5.Mo.2O/c1-4(8)3-6(10)7(11)12-5(2)9;;;/h3H,1-2H3;;;. The van der Waals surface area contributed by atoms with Gasteiger partial charge in [-0.3, -0.25) is 0 Å². The summed E-state index contributed by atoms with van der Waals surface area (Å²) >= 11 is -4.41. The molecule has 1 unspecified atom stereocenters. The molecule has 0 aliphatic carbocycles. The van der Waals surface area contributed by atoms with E-state index in [4.69, 9.17) is 0 Å². The van der Waals surface area contributed by atoms with Crippen LogP contribution >= 0.6 is 0 Å². The fourth-order valence-corrected chi connectivity index (χ4v) is 2.03. The van der Waals surface area contributed by atoms with Gasteiger partial charge in [0, 0.05) is 0 Å². The summed E-state index contributed by atoms with van der Waals surface area (Å²) in [4.78, 5) is 42.9. The van der Waals surface area contributed by atoms with Gasteiger partial charge in [0.2, 0.25) is 0 Å². The fourth-order valence-electron chi connectivity index (χ4n) is 0.695. The number of rotatable bonds is 4. The van der Waals surface area contributed by atoms with Crippen molar-refractivity contribution in [3.05, 3.63) is 0 Å². The van der Waals surface area contributed by atoms with Gasteiger partial charge in [0.15, 0.2) is 0 Å². The average molecular weight is 299 g/mol. The molecular weight excluding hydrogens is 292 g/mol. The molecule has 0 bridgehead atoms. The quantitative estimate of drug-likeness (QED) is 0.293. The van der Waals surface area contributed by atoms with Crippen LogP contribution in [0, 0.1) is 0 Å². The number of Topliss-reactive ketones (excluding diaryl/α,β-unsaturated/α-hetero) is 2. The molecule has 0 radical (unpaired) electrons. The van der Waals surface area contributed by atoms with E-state index in [0.717, 1.165) is 13.8 Å². The van der Waals surface area contributed by atoms with E-state index < -0.39 is 45.1 Å². The van der Waals surface area contributed by atoms with Crippen molar-refractivity contribution in [1.82, 2.24) is 0 Å². The van der Waals surface area contributed by atoms with Crippen molar-refractivity contribution in [2.45, 2.75) is 18.2 Å². The Morgan fingerprint density at radius 1 is 1.07 bits per heavy atom. The molecule has 15 heavy (non-hydrogen) atoms. The zero-order chi connectivity index (χ0) is 12.2. The summed E-state index contributed by atoms with van der Waals surface area (Å²) in [6, 6.07) is 0. The average Bonchev–Trinajstić information content (AvgIpc) is 2.00. The normalized spacial score (nSPS) is 11.3. The van der Waals surface area contributed by atoms with Gasteiger partial charge in [0.1, 0.15) is 0 Å². The second-order valence-electron chi connectivity index (χ2n) is 2.50.